The fourth-order valence-corrected chi connectivity index (χ4v) is 1.88. The van der Waals surface area contributed by atoms with Crippen LogP contribution in [-0.2, 0) is 0 Å². The van der Waals surface area contributed by atoms with Crippen LogP contribution >= 0.6 is 0 Å². The zero-order valence-corrected chi connectivity index (χ0v) is 9.20. The molecule has 1 aliphatic heterocycles. The summed E-state index contributed by atoms with van der Waals surface area (Å²) < 4.78 is 0. The SMILES string of the molecule is CC1=C(C)N(C)c2ccccc2N1C. The predicted octanol–water partition coefficient (Wildman–Crippen LogP) is 2.82. The monoisotopic (exact) mass is 188 g/mol. The van der Waals surface area contributed by atoms with Crippen LogP contribution in [0.1, 0.15) is 13.8 Å². The minimum atomic E-state index is 1.28. The van der Waals surface area contributed by atoms with E-state index in [-0.39, 0.29) is 0 Å². The van der Waals surface area contributed by atoms with E-state index in [4.69, 9.17) is 0 Å². The highest BCUT2D eigenvalue weighted by Gasteiger charge is 2.20. The molecule has 0 atom stereocenters. The van der Waals surface area contributed by atoms with E-state index in [1.54, 1.807) is 0 Å². The molecule has 2 nitrogen and oxygen atoms in total. The molecule has 0 spiro atoms. The summed E-state index contributed by atoms with van der Waals surface area (Å²) in [5.41, 5.74) is 5.17. The molecule has 0 N–H and O–H groups in total. The van der Waals surface area contributed by atoms with Gasteiger partial charge in [0.25, 0.3) is 0 Å². The highest BCUT2D eigenvalue weighted by molar-refractivity contribution is 5.77. The molecule has 74 valence electrons. The Balaban J connectivity index is 2.61. The number of allylic oxidation sites excluding steroid dienone is 2. The van der Waals surface area contributed by atoms with E-state index < -0.39 is 0 Å². The zero-order valence-electron chi connectivity index (χ0n) is 9.20. The average Bonchev–Trinajstić information content (AvgIpc) is 2.23. The van der Waals surface area contributed by atoms with Gasteiger partial charge in [-0.05, 0) is 26.0 Å². The van der Waals surface area contributed by atoms with Crippen molar-refractivity contribution >= 4 is 11.4 Å². The van der Waals surface area contributed by atoms with Crippen LogP contribution in [0.5, 0.6) is 0 Å². The number of para-hydroxylation sites is 2. The van der Waals surface area contributed by atoms with Gasteiger partial charge in [0.1, 0.15) is 0 Å². The molecule has 1 aliphatic rings. The Labute approximate surface area is 85.4 Å². The molecule has 1 aromatic rings. The largest absolute Gasteiger partial charge is 0.345 e. The second kappa shape index (κ2) is 3.05. The molecule has 2 heteroatoms. The summed E-state index contributed by atoms with van der Waals surface area (Å²) in [4.78, 5) is 4.48. The maximum absolute atomic E-state index is 2.24. The van der Waals surface area contributed by atoms with Crippen molar-refractivity contribution in [1.82, 2.24) is 0 Å². The Kier molecular flexibility index (Phi) is 1.99. The quantitative estimate of drug-likeness (QED) is 0.617. The van der Waals surface area contributed by atoms with Crippen molar-refractivity contribution in [3.05, 3.63) is 35.7 Å². The lowest BCUT2D eigenvalue weighted by Gasteiger charge is -2.36. The van der Waals surface area contributed by atoms with Crippen LogP contribution in [0, 0.1) is 0 Å². The van der Waals surface area contributed by atoms with Gasteiger partial charge in [0.05, 0.1) is 11.4 Å². The molecule has 0 radical (unpaired) electrons. The maximum atomic E-state index is 2.24. The van der Waals surface area contributed by atoms with Crippen LogP contribution < -0.4 is 9.80 Å². The van der Waals surface area contributed by atoms with Crippen LogP contribution in [0.2, 0.25) is 0 Å². The van der Waals surface area contributed by atoms with Gasteiger partial charge in [-0.3, -0.25) is 0 Å². The number of benzene rings is 1. The van der Waals surface area contributed by atoms with Crippen LogP contribution in [0.25, 0.3) is 0 Å². The minimum absolute atomic E-state index is 1.28. The van der Waals surface area contributed by atoms with Crippen LogP contribution in [0.3, 0.4) is 0 Å². The summed E-state index contributed by atoms with van der Waals surface area (Å²) >= 11 is 0. The summed E-state index contributed by atoms with van der Waals surface area (Å²) in [6.07, 6.45) is 0. The smallest absolute Gasteiger partial charge is 0.0647 e. The Morgan fingerprint density at radius 3 is 1.50 bits per heavy atom. The lowest BCUT2D eigenvalue weighted by atomic mass is 10.1. The highest BCUT2D eigenvalue weighted by Crippen LogP contribution is 2.36. The maximum Gasteiger partial charge on any atom is 0.0647 e. The molecule has 0 amide bonds. The van der Waals surface area contributed by atoms with E-state index in [9.17, 15) is 0 Å². The van der Waals surface area contributed by atoms with Gasteiger partial charge in [0.15, 0.2) is 0 Å². The third-order valence-electron chi connectivity index (χ3n) is 3.13. The van der Waals surface area contributed by atoms with Gasteiger partial charge in [0, 0.05) is 25.5 Å². The van der Waals surface area contributed by atoms with Crippen LogP contribution in [0.15, 0.2) is 35.7 Å². The highest BCUT2D eigenvalue weighted by atomic mass is 15.2. The minimum Gasteiger partial charge on any atom is -0.345 e. The first kappa shape index (κ1) is 9.13. The predicted molar refractivity (Wildman–Crippen MR) is 61.6 cm³/mol. The molecule has 1 heterocycles. The van der Waals surface area contributed by atoms with E-state index in [0.717, 1.165) is 0 Å². The van der Waals surface area contributed by atoms with Gasteiger partial charge in [0.2, 0.25) is 0 Å². The van der Waals surface area contributed by atoms with Crippen molar-refractivity contribution in [3.8, 4) is 0 Å². The molecular formula is C12H16N2. The molecule has 0 saturated carbocycles. The molecule has 0 aliphatic carbocycles. The molecule has 0 unspecified atom stereocenters. The van der Waals surface area contributed by atoms with Crippen molar-refractivity contribution < 1.29 is 0 Å². The summed E-state index contributed by atoms with van der Waals surface area (Å²) in [7, 11) is 4.23. The third kappa shape index (κ3) is 1.10. The van der Waals surface area contributed by atoms with Gasteiger partial charge in [-0.25, -0.2) is 0 Å². The van der Waals surface area contributed by atoms with Crippen molar-refractivity contribution in [2.45, 2.75) is 13.8 Å². The molecular weight excluding hydrogens is 172 g/mol. The number of fused-ring (bicyclic) bond motifs is 1. The zero-order chi connectivity index (χ0) is 10.3. The Bertz CT molecular complexity index is 356. The van der Waals surface area contributed by atoms with Gasteiger partial charge in [-0.1, -0.05) is 12.1 Å². The second-order valence-corrected chi connectivity index (χ2v) is 3.78. The summed E-state index contributed by atoms with van der Waals surface area (Å²) in [6, 6.07) is 8.47. The van der Waals surface area contributed by atoms with E-state index >= 15 is 0 Å². The molecule has 0 aromatic heterocycles. The lowest BCUT2D eigenvalue weighted by Crippen LogP contribution is -2.29. The van der Waals surface area contributed by atoms with Crippen molar-refractivity contribution in [2.24, 2.45) is 0 Å². The van der Waals surface area contributed by atoms with E-state index in [2.05, 4.69) is 62.0 Å². The molecule has 0 fully saturated rings. The molecule has 0 saturated heterocycles. The van der Waals surface area contributed by atoms with E-state index in [1.165, 1.54) is 22.8 Å². The van der Waals surface area contributed by atoms with Crippen molar-refractivity contribution in [1.29, 1.82) is 0 Å². The van der Waals surface area contributed by atoms with Crippen molar-refractivity contribution in [2.75, 3.05) is 23.9 Å². The number of rotatable bonds is 0. The average molecular weight is 188 g/mol. The van der Waals surface area contributed by atoms with Gasteiger partial charge < -0.3 is 9.80 Å². The Morgan fingerprint density at radius 2 is 1.14 bits per heavy atom. The molecule has 1 aromatic carbocycles. The van der Waals surface area contributed by atoms with Crippen LogP contribution in [0.4, 0.5) is 11.4 Å². The van der Waals surface area contributed by atoms with Crippen LogP contribution in [-0.4, -0.2) is 14.1 Å². The standard InChI is InChI=1S/C12H16N2/c1-9-10(2)14(4)12-8-6-5-7-11(12)13(9)3/h5-8H,1-4H3. The lowest BCUT2D eigenvalue weighted by molar-refractivity contribution is 0.943. The number of anilines is 2. The molecule has 0 bridgehead atoms. The fraction of sp³-hybridized carbons (Fsp3) is 0.333. The first-order valence-corrected chi connectivity index (χ1v) is 4.87. The first-order valence-electron chi connectivity index (χ1n) is 4.87. The Hall–Kier alpha value is -1.44. The molecule has 14 heavy (non-hydrogen) atoms. The first-order chi connectivity index (χ1) is 6.63. The number of hydrogen-bond acceptors (Lipinski definition) is 2. The summed E-state index contributed by atoms with van der Waals surface area (Å²) in [5.74, 6) is 0. The van der Waals surface area contributed by atoms with Gasteiger partial charge in [-0.15, -0.1) is 0 Å². The topological polar surface area (TPSA) is 6.48 Å². The summed E-state index contributed by atoms with van der Waals surface area (Å²) in [6.45, 7) is 4.31. The van der Waals surface area contributed by atoms with Gasteiger partial charge >= 0.3 is 0 Å². The molecule has 2 rings (SSSR count). The normalized spacial score (nSPS) is 16.0. The summed E-state index contributed by atoms with van der Waals surface area (Å²) in [5, 5.41) is 0. The number of hydrogen-bond donors (Lipinski definition) is 0. The Morgan fingerprint density at radius 1 is 0.786 bits per heavy atom. The van der Waals surface area contributed by atoms with Crippen molar-refractivity contribution in [3.63, 3.8) is 0 Å². The van der Waals surface area contributed by atoms with E-state index in [0.29, 0.717) is 0 Å². The fourth-order valence-electron chi connectivity index (χ4n) is 1.88. The van der Waals surface area contributed by atoms with Gasteiger partial charge in [-0.2, -0.15) is 0 Å². The second-order valence-electron chi connectivity index (χ2n) is 3.78. The third-order valence-corrected chi connectivity index (χ3v) is 3.13. The number of nitrogens with zero attached hydrogens (tertiary/aromatic N) is 2. The van der Waals surface area contributed by atoms with E-state index in [1.807, 2.05) is 0 Å².